The van der Waals surface area contributed by atoms with Crippen molar-refractivity contribution in [1.29, 1.82) is 0 Å². The van der Waals surface area contributed by atoms with E-state index in [0.717, 1.165) is 45.4 Å². The van der Waals surface area contributed by atoms with Crippen LogP contribution in [0.4, 0.5) is 0 Å². The quantitative estimate of drug-likeness (QED) is 0.682. The number of ether oxygens (including phenoxy) is 1. The first-order valence-corrected chi connectivity index (χ1v) is 5.71. The molecule has 0 spiro atoms. The second kappa shape index (κ2) is 4.30. The van der Waals surface area contributed by atoms with E-state index in [1.807, 2.05) is 4.90 Å². The van der Waals surface area contributed by atoms with Crippen LogP contribution in [0.15, 0.2) is 0 Å². The number of amides is 1. The third-order valence-electron chi connectivity index (χ3n) is 3.07. The van der Waals surface area contributed by atoms with Crippen LogP contribution in [0.5, 0.6) is 0 Å². The van der Waals surface area contributed by atoms with Crippen molar-refractivity contribution in [2.24, 2.45) is 5.92 Å². The van der Waals surface area contributed by atoms with Crippen molar-refractivity contribution in [3.05, 3.63) is 0 Å². The number of rotatable bonds is 4. The van der Waals surface area contributed by atoms with Crippen molar-refractivity contribution < 1.29 is 9.53 Å². The summed E-state index contributed by atoms with van der Waals surface area (Å²) in [6, 6.07) is 0. The summed E-state index contributed by atoms with van der Waals surface area (Å²) in [6.07, 6.45) is 4.77. The summed E-state index contributed by atoms with van der Waals surface area (Å²) in [7, 11) is 0. The predicted molar refractivity (Wildman–Crippen MR) is 54.0 cm³/mol. The Bertz CT molecular complexity index is 207. The molecule has 0 aromatic rings. The summed E-state index contributed by atoms with van der Waals surface area (Å²) in [5, 5.41) is 0. The van der Waals surface area contributed by atoms with Crippen molar-refractivity contribution >= 4 is 5.91 Å². The summed E-state index contributed by atoms with van der Waals surface area (Å²) >= 11 is 0. The molecule has 2 aliphatic rings. The van der Waals surface area contributed by atoms with Crippen LogP contribution >= 0.6 is 0 Å². The standard InChI is InChI=1S/C11H19NO2/c1-2-12(11(13)9-5-6-9)8-10-4-3-7-14-10/h9-10H,2-8H2,1H3. The first-order chi connectivity index (χ1) is 6.81. The van der Waals surface area contributed by atoms with Gasteiger partial charge in [-0.25, -0.2) is 0 Å². The van der Waals surface area contributed by atoms with Crippen LogP contribution in [0.3, 0.4) is 0 Å². The van der Waals surface area contributed by atoms with Gasteiger partial charge in [0.2, 0.25) is 5.91 Å². The van der Waals surface area contributed by atoms with Crippen LogP contribution in [0.25, 0.3) is 0 Å². The molecule has 1 unspecified atom stereocenters. The number of nitrogens with zero attached hydrogens (tertiary/aromatic N) is 1. The van der Waals surface area contributed by atoms with Gasteiger partial charge in [0, 0.05) is 25.6 Å². The molecule has 1 heterocycles. The largest absolute Gasteiger partial charge is 0.376 e. The van der Waals surface area contributed by atoms with E-state index in [1.165, 1.54) is 0 Å². The Morgan fingerprint density at radius 1 is 1.43 bits per heavy atom. The molecular weight excluding hydrogens is 178 g/mol. The van der Waals surface area contributed by atoms with Gasteiger partial charge in [-0.05, 0) is 32.6 Å². The van der Waals surface area contributed by atoms with Crippen molar-refractivity contribution in [2.75, 3.05) is 19.7 Å². The molecule has 80 valence electrons. The molecule has 2 fully saturated rings. The van der Waals surface area contributed by atoms with Gasteiger partial charge in [0.05, 0.1) is 6.10 Å². The van der Waals surface area contributed by atoms with E-state index in [4.69, 9.17) is 4.74 Å². The molecule has 1 aliphatic heterocycles. The fourth-order valence-corrected chi connectivity index (χ4v) is 2.00. The smallest absolute Gasteiger partial charge is 0.225 e. The van der Waals surface area contributed by atoms with E-state index in [1.54, 1.807) is 0 Å². The molecular formula is C11H19NO2. The molecule has 0 aromatic carbocycles. The Kier molecular flexibility index (Phi) is 3.06. The fourth-order valence-electron chi connectivity index (χ4n) is 2.00. The van der Waals surface area contributed by atoms with Gasteiger partial charge < -0.3 is 9.64 Å². The molecule has 1 atom stereocenters. The fraction of sp³-hybridized carbons (Fsp3) is 0.909. The molecule has 2 rings (SSSR count). The molecule has 0 aromatic heterocycles. The van der Waals surface area contributed by atoms with E-state index in [9.17, 15) is 4.79 Å². The Morgan fingerprint density at radius 3 is 2.71 bits per heavy atom. The lowest BCUT2D eigenvalue weighted by Crippen LogP contribution is -2.38. The number of likely N-dealkylation sites (N-methyl/N-ethyl adjacent to an activating group) is 1. The van der Waals surface area contributed by atoms with Gasteiger partial charge in [-0.15, -0.1) is 0 Å². The lowest BCUT2D eigenvalue weighted by atomic mass is 10.2. The molecule has 1 amide bonds. The topological polar surface area (TPSA) is 29.5 Å². The van der Waals surface area contributed by atoms with Gasteiger partial charge in [0.25, 0.3) is 0 Å². The Balaban J connectivity index is 1.81. The summed E-state index contributed by atoms with van der Waals surface area (Å²) in [4.78, 5) is 13.8. The number of hydrogen-bond donors (Lipinski definition) is 0. The maximum absolute atomic E-state index is 11.8. The second-order valence-corrected chi connectivity index (χ2v) is 4.29. The van der Waals surface area contributed by atoms with Crippen molar-refractivity contribution in [1.82, 2.24) is 4.90 Å². The van der Waals surface area contributed by atoms with Crippen LogP contribution < -0.4 is 0 Å². The van der Waals surface area contributed by atoms with Gasteiger partial charge in [-0.1, -0.05) is 0 Å². The number of carbonyl (C=O) groups is 1. The summed E-state index contributed by atoms with van der Waals surface area (Å²) < 4.78 is 5.54. The zero-order chi connectivity index (χ0) is 9.97. The normalized spacial score (nSPS) is 26.5. The predicted octanol–water partition coefficient (Wildman–Crippen LogP) is 1.42. The van der Waals surface area contributed by atoms with Crippen LogP contribution in [0, 0.1) is 5.92 Å². The average Bonchev–Trinajstić information content (AvgIpc) is 2.93. The minimum Gasteiger partial charge on any atom is -0.376 e. The van der Waals surface area contributed by atoms with E-state index in [-0.39, 0.29) is 0 Å². The monoisotopic (exact) mass is 197 g/mol. The van der Waals surface area contributed by atoms with Crippen LogP contribution in [0.1, 0.15) is 32.6 Å². The second-order valence-electron chi connectivity index (χ2n) is 4.29. The molecule has 3 heteroatoms. The van der Waals surface area contributed by atoms with E-state index >= 15 is 0 Å². The van der Waals surface area contributed by atoms with E-state index in [2.05, 4.69) is 6.92 Å². The molecule has 14 heavy (non-hydrogen) atoms. The van der Waals surface area contributed by atoms with Gasteiger partial charge in [0.15, 0.2) is 0 Å². The summed E-state index contributed by atoms with van der Waals surface area (Å²) in [6.45, 7) is 4.57. The highest BCUT2D eigenvalue weighted by atomic mass is 16.5. The third-order valence-corrected chi connectivity index (χ3v) is 3.07. The zero-order valence-corrected chi connectivity index (χ0v) is 8.87. The van der Waals surface area contributed by atoms with Crippen molar-refractivity contribution in [3.8, 4) is 0 Å². The highest BCUT2D eigenvalue weighted by Gasteiger charge is 2.34. The van der Waals surface area contributed by atoms with Crippen LogP contribution in [-0.4, -0.2) is 36.6 Å². The minimum atomic E-state index is 0.303. The van der Waals surface area contributed by atoms with E-state index < -0.39 is 0 Å². The highest BCUT2D eigenvalue weighted by molar-refractivity contribution is 5.81. The van der Waals surface area contributed by atoms with Gasteiger partial charge >= 0.3 is 0 Å². The molecule has 0 radical (unpaired) electrons. The lowest BCUT2D eigenvalue weighted by molar-refractivity contribution is -0.133. The molecule has 0 bridgehead atoms. The lowest BCUT2D eigenvalue weighted by Gasteiger charge is -2.23. The third kappa shape index (κ3) is 2.27. The summed E-state index contributed by atoms with van der Waals surface area (Å²) in [5.41, 5.74) is 0. The SMILES string of the molecule is CCN(CC1CCCO1)C(=O)C1CC1. The van der Waals surface area contributed by atoms with Crippen LogP contribution in [-0.2, 0) is 9.53 Å². The summed E-state index contributed by atoms with van der Waals surface area (Å²) in [5.74, 6) is 0.694. The first kappa shape index (κ1) is 9.97. The van der Waals surface area contributed by atoms with E-state index in [0.29, 0.717) is 17.9 Å². The Hall–Kier alpha value is -0.570. The molecule has 1 saturated heterocycles. The van der Waals surface area contributed by atoms with Crippen molar-refractivity contribution in [3.63, 3.8) is 0 Å². The maximum atomic E-state index is 11.8. The molecule has 0 N–H and O–H groups in total. The number of hydrogen-bond acceptors (Lipinski definition) is 2. The molecule has 1 aliphatic carbocycles. The number of carbonyl (C=O) groups excluding carboxylic acids is 1. The van der Waals surface area contributed by atoms with Crippen LogP contribution in [0.2, 0.25) is 0 Å². The molecule has 3 nitrogen and oxygen atoms in total. The average molecular weight is 197 g/mol. The van der Waals surface area contributed by atoms with Crippen molar-refractivity contribution in [2.45, 2.75) is 38.7 Å². The van der Waals surface area contributed by atoms with Gasteiger partial charge in [0.1, 0.15) is 0 Å². The first-order valence-electron chi connectivity index (χ1n) is 5.71. The molecule has 1 saturated carbocycles. The van der Waals surface area contributed by atoms with Gasteiger partial charge in [-0.3, -0.25) is 4.79 Å². The Labute approximate surface area is 85.4 Å². The zero-order valence-electron chi connectivity index (χ0n) is 8.87. The highest BCUT2D eigenvalue weighted by Crippen LogP contribution is 2.31. The minimum absolute atomic E-state index is 0.303. The maximum Gasteiger partial charge on any atom is 0.225 e. The Morgan fingerprint density at radius 2 is 2.21 bits per heavy atom. The van der Waals surface area contributed by atoms with Gasteiger partial charge in [-0.2, -0.15) is 0 Å².